The smallest absolute Gasteiger partial charge is 0.330 e. The zero-order valence-corrected chi connectivity index (χ0v) is 10.3. The SMILES string of the molecule is CCCC(C)CC(N)COCC(F)(F)C(F)F. The monoisotopic (exact) mass is 259 g/mol. The van der Waals surface area contributed by atoms with Crippen LogP contribution in [0.15, 0.2) is 0 Å². The van der Waals surface area contributed by atoms with Crippen LogP contribution in [0.3, 0.4) is 0 Å². The highest BCUT2D eigenvalue weighted by molar-refractivity contribution is 4.70. The van der Waals surface area contributed by atoms with Crippen LogP contribution in [0.1, 0.15) is 33.1 Å². The molecule has 0 rings (SSSR count). The van der Waals surface area contributed by atoms with Crippen molar-refractivity contribution in [2.24, 2.45) is 11.7 Å². The maximum atomic E-state index is 12.5. The van der Waals surface area contributed by atoms with Gasteiger partial charge in [-0.3, -0.25) is 0 Å². The van der Waals surface area contributed by atoms with E-state index in [0.717, 1.165) is 12.8 Å². The normalized spacial score (nSPS) is 16.2. The van der Waals surface area contributed by atoms with Crippen LogP contribution in [0.25, 0.3) is 0 Å². The lowest BCUT2D eigenvalue weighted by molar-refractivity contribution is -0.166. The van der Waals surface area contributed by atoms with Crippen molar-refractivity contribution in [3.8, 4) is 0 Å². The number of ether oxygens (including phenoxy) is 1. The van der Waals surface area contributed by atoms with Crippen molar-refractivity contribution >= 4 is 0 Å². The van der Waals surface area contributed by atoms with E-state index in [0.29, 0.717) is 12.3 Å². The molecule has 0 aromatic carbocycles. The van der Waals surface area contributed by atoms with E-state index in [9.17, 15) is 17.6 Å². The van der Waals surface area contributed by atoms with Crippen molar-refractivity contribution in [2.75, 3.05) is 13.2 Å². The third-order valence-corrected chi connectivity index (χ3v) is 2.43. The van der Waals surface area contributed by atoms with Gasteiger partial charge in [0, 0.05) is 6.04 Å². The molecule has 0 saturated carbocycles. The van der Waals surface area contributed by atoms with Gasteiger partial charge >= 0.3 is 12.3 Å². The molecule has 0 aromatic heterocycles. The molecule has 0 aliphatic carbocycles. The molecule has 2 atom stereocenters. The molecule has 2 unspecified atom stereocenters. The van der Waals surface area contributed by atoms with E-state index >= 15 is 0 Å². The van der Waals surface area contributed by atoms with Gasteiger partial charge in [-0.2, -0.15) is 8.78 Å². The lowest BCUT2D eigenvalue weighted by atomic mass is 9.98. The molecule has 0 bridgehead atoms. The zero-order valence-electron chi connectivity index (χ0n) is 10.3. The molecule has 104 valence electrons. The topological polar surface area (TPSA) is 35.2 Å². The molecule has 0 spiro atoms. The van der Waals surface area contributed by atoms with Gasteiger partial charge in [0.25, 0.3) is 0 Å². The second kappa shape index (κ2) is 7.87. The quantitative estimate of drug-likeness (QED) is 0.646. The minimum atomic E-state index is -4.09. The summed E-state index contributed by atoms with van der Waals surface area (Å²) in [4.78, 5) is 0. The lowest BCUT2D eigenvalue weighted by Gasteiger charge is -2.19. The average Bonchev–Trinajstić information content (AvgIpc) is 2.16. The highest BCUT2D eigenvalue weighted by Gasteiger charge is 2.41. The summed E-state index contributed by atoms with van der Waals surface area (Å²) < 4.78 is 53.0. The van der Waals surface area contributed by atoms with Gasteiger partial charge in [-0.25, -0.2) is 8.78 Å². The summed E-state index contributed by atoms with van der Waals surface area (Å²) in [5.74, 6) is -3.71. The summed E-state index contributed by atoms with van der Waals surface area (Å²) in [6, 6.07) is -0.384. The number of rotatable bonds is 9. The summed E-state index contributed by atoms with van der Waals surface area (Å²) in [5.41, 5.74) is 5.65. The van der Waals surface area contributed by atoms with Crippen LogP contribution in [-0.2, 0) is 4.74 Å². The molecule has 6 heteroatoms. The highest BCUT2D eigenvalue weighted by atomic mass is 19.3. The summed E-state index contributed by atoms with van der Waals surface area (Å²) in [7, 11) is 0. The Morgan fingerprint density at radius 3 is 2.35 bits per heavy atom. The highest BCUT2D eigenvalue weighted by Crippen LogP contribution is 2.23. The van der Waals surface area contributed by atoms with E-state index in [-0.39, 0.29) is 12.6 Å². The van der Waals surface area contributed by atoms with Gasteiger partial charge in [0.15, 0.2) is 0 Å². The van der Waals surface area contributed by atoms with Crippen LogP contribution < -0.4 is 5.73 Å². The van der Waals surface area contributed by atoms with Gasteiger partial charge in [0.2, 0.25) is 0 Å². The Morgan fingerprint density at radius 2 is 1.88 bits per heavy atom. The van der Waals surface area contributed by atoms with Crippen LogP contribution in [0, 0.1) is 5.92 Å². The molecule has 0 radical (unpaired) electrons. The zero-order chi connectivity index (χ0) is 13.5. The van der Waals surface area contributed by atoms with Crippen molar-refractivity contribution in [3.63, 3.8) is 0 Å². The summed E-state index contributed by atoms with van der Waals surface area (Å²) in [5, 5.41) is 0. The van der Waals surface area contributed by atoms with Crippen LogP contribution in [0.5, 0.6) is 0 Å². The molecule has 0 amide bonds. The number of hydrogen-bond acceptors (Lipinski definition) is 2. The van der Waals surface area contributed by atoms with E-state index in [2.05, 4.69) is 4.74 Å². The average molecular weight is 259 g/mol. The Morgan fingerprint density at radius 1 is 1.29 bits per heavy atom. The van der Waals surface area contributed by atoms with Gasteiger partial charge in [0.05, 0.1) is 6.61 Å². The Balaban J connectivity index is 3.74. The summed E-state index contributed by atoms with van der Waals surface area (Å²) in [6.45, 7) is 2.66. The first-order valence-electron chi connectivity index (χ1n) is 5.78. The van der Waals surface area contributed by atoms with Crippen LogP contribution >= 0.6 is 0 Å². The van der Waals surface area contributed by atoms with Crippen molar-refractivity contribution in [2.45, 2.75) is 51.5 Å². The van der Waals surface area contributed by atoms with Gasteiger partial charge < -0.3 is 10.5 Å². The first-order chi connectivity index (χ1) is 7.79. The second-order valence-corrected chi connectivity index (χ2v) is 4.47. The fraction of sp³-hybridized carbons (Fsp3) is 1.00. The molecule has 0 aliphatic heterocycles. The van der Waals surface area contributed by atoms with Crippen molar-refractivity contribution in [3.05, 3.63) is 0 Å². The maximum Gasteiger partial charge on any atom is 0.330 e. The fourth-order valence-electron chi connectivity index (χ4n) is 1.60. The van der Waals surface area contributed by atoms with Crippen molar-refractivity contribution < 1.29 is 22.3 Å². The third kappa shape index (κ3) is 7.54. The van der Waals surface area contributed by atoms with Gasteiger partial charge in [0.1, 0.15) is 6.61 Å². The van der Waals surface area contributed by atoms with E-state index in [1.54, 1.807) is 0 Å². The van der Waals surface area contributed by atoms with Crippen LogP contribution in [-0.4, -0.2) is 31.6 Å². The molecule has 0 aromatic rings. The number of nitrogens with two attached hydrogens (primary N) is 1. The van der Waals surface area contributed by atoms with E-state index in [1.165, 1.54) is 0 Å². The first kappa shape index (κ1) is 16.6. The first-order valence-corrected chi connectivity index (χ1v) is 5.78. The van der Waals surface area contributed by atoms with Gasteiger partial charge in [-0.15, -0.1) is 0 Å². The molecule has 0 heterocycles. The number of alkyl halides is 4. The van der Waals surface area contributed by atoms with E-state index < -0.39 is 19.0 Å². The molecule has 0 aliphatic rings. The van der Waals surface area contributed by atoms with Crippen LogP contribution in [0.4, 0.5) is 17.6 Å². The van der Waals surface area contributed by atoms with E-state index in [1.807, 2.05) is 13.8 Å². The minimum absolute atomic E-state index is 0.115. The second-order valence-electron chi connectivity index (χ2n) is 4.47. The predicted molar refractivity (Wildman–Crippen MR) is 58.4 cm³/mol. The van der Waals surface area contributed by atoms with Crippen molar-refractivity contribution in [1.82, 2.24) is 0 Å². The molecule has 2 N–H and O–H groups in total. The lowest BCUT2D eigenvalue weighted by Crippen LogP contribution is -2.36. The summed E-state index contributed by atoms with van der Waals surface area (Å²) in [6.07, 6.45) is -1.02. The Hall–Kier alpha value is -0.360. The molecule has 0 fully saturated rings. The fourth-order valence-corrected chi connectivity index (χ4v) is 1.60. The van der Waals surface area contributed by atoms with Gasteiger partial charge in [-0.1, -0.05) is 26.7 Å². The van der Waals surface area contributed by atoms with Gasteiger partial charge in [-0.05, 0) is 12.3 Å². The van der Waals surface area contributed by atoms with E-state index in [4.69, 9.17) is 5.73 Å². The maximum absolute atomic E-state index is 12.5. The largest absolute Gasteiger partial charge is 0.373 e. The Bertz CT molecular complexity index is 202. The van der Waals surface area contributed by atoms with Crippen molar-refractivity contribution in [1.29, 1.82) is 0 Å². The summed E-state index contributed by atoms with van der Waals surface area (Å²) >= 11 is 0. The number of hydrogen-bond donors (Lipinski definition) is 1. The number of halogens is 4. The third-order valence-electron chi connectivity index (χ3n) is 2.43. The minimum Gasteiger partial charge on any atom is -0.373 e. The Kier molecular flexibility index (Phi) is 7.70. The Labute approximate surface area is 99.5 Å². The molecular formula is C11H21F4NO. The molecule has 0 saturated heterocycles. The standard InChI is InChI=1S/C11H21F4NO/c1-3-4-8(2)5-9(16)6-17-7-11(14,15)10(12)13/h8-10H,3-7,16H2,1-2H3. The molecule has 2 nitrogen and oxygen atoms in total. The molecule has 17 heavy (non-hydrogen) atoms. The predicted octanol–water partition coefficient (Wildman–Crippen LogP) is 3.06. The molecular weight excluding hydrogens is 238 g/mol. The van der Waals surface area contributed by atoms with Crippen LogP contribution in [0.2, 0.25) is 0 Å².